The van der Waals surface area contributed by atoms with Gasteiger partial charge in [-0.1, -0.05) is 6.42 Å². The van der Waals surface area contributed by atoms with Gasteiger partial charge in [-0.05, 0) is 31.1 Å². The van der Waals surface area contributed by atoms with Crippen LogP contribution < -0.4 is 5.32 Å². The van der Waals surface area contributed by atoms with Crippen molar-refractivity contribution in [3.05, 3.63) is 0 Å². The number of alkyl carbamates (subject to hydrolysis) is 1. The van der Waals surface area contributed by atoms with Crippen molar-refractivity contribution in [3.63, 3.8) is 0 Å². The number of rotatable bonds is 1. The lowest BCUT2D eigenvalue weighted by Crippen LogP contribution is -2.38. The van der Waals surface area contributed by atoms with Crippen LogP contribution in [0.5, 0.6) is 0 Å². The minimum absolute atomic E-state index is 0.271. The number of carbonyl (C=O) groups is 1. The molecule has 3 atom stereocenters. The van der Waals surface area contributed by atoms with Crippen molar-refractivity contribution in [2.24, 2.45) is 11.8 Å². The Balaban J connectivity index is 1.86. The number of hydrogen-bond donors (Lipinski definition) is 1. The number of carbonyl (C=O) groups excluding carboxylic acids is 1. The molecule has 1 amide bonds. The molecule has 0 heterocycles. The molecule has 0 aromatic carbocycles. The molecular formula is C9H15NO2. The van der Waals surface area contributed by atoms with Gasteiger partial charge < -0.3 is 10.1 Å². The van der Waals surface area contributed by atoms with Gasteiger partial charge >= 0.3 is 6.09 Å². The van der Waals surface area contributed by atoms with E-state index in [1.807, 2.05) is 0 Å². The highest BCUT2D eigenvalue weighted by Gasteiger charge is 2.40. The van der Waals surface area contributed by atoms with Crippen LogP contribution in [0.3, 0.4) is 0 Å². The van der Waals surface area contributed by atoms with Crippen LogP contribution in [0.25, 0.3) is 0 Å². The van der Waals surface area contributed by atoms with E-state index < -0.39 is 0 Å². The van der Waals surface area contributed by atoms with E-state index in [1.54, 1.807) is 0 Å². The summed E-state index contributed by atoms with van der Waals surface area (Å²) in [5.41, 5.74) is 0. The molecule has 3 unspecified atom stereocenters. The maximum absolute atomic E-state index is 10.9. The molecule has 2 rings (SSSR count). The van der Waals surface area contributed by atoms with Crippen molar-refractivity contribution in [2.75, 3.05) is 7.11 Å². The van der Waals surface area contributed by atoms with Gasteiger partial charge in [-0.25, -0.2) is 4.79 Å². The number of methoxy groups -OCH3 is 1. The van der Waals surface area contributed by atoms with Gasteiger partial charge in [0.15, 0.2) is 0 Å². The maximum atomic E-state index is 10.9. The molecule has 0 spiro atoms. The fraction of sp³-hybridized carbons (Fsp3) is 0.889. The SMILES string of the molecule is COC(=O)NC1CC2CCC1C2. The van der Waals surface area contributed by atoms with E-state index in [1.165, 1.54) is 32.8 Å². The lowest BCUT2D eigenvalue weighted by Gasteiger charge is -2.21. The number of amides is 1. The third kappa shape index (κ3) is 1.28. The lowest BCUT2D eigenvalue weighted by molar-refractivity contribution is 0.161. The molecule has 1 N–H and O–H groups in total. The molecule has 3 nitrogen and oxygen atoms in total. The van der Waals surface area contributed by atoms with Crippen LogP contribution in [-0.2, 0) is 4.74 Å². The molecule has 3 heteroatoms. The second-order valence-corrected chi connectivity index (χ2v) is 3.92. The molecule has 2 saturated carbocycles. The van der Waals surface area contributed by atoms with E-state index in [2.05, 4.69) is 10.1 Å². The number of fused-ring (bicyclic) bond motifs is 2. The predicted octanol–water partition coefficient (Wildman–Crippen LogP) is 1.53. The van der Waals surface area contributed by atoms with E-state index in [0.717, 1.165) is 11.8 Å². The number of nitrogens with one attached hydrogen (secondary N) is 1. The van der Waals surface area contributed by atoms with Crippen LogP contribution in [0.4, 0.5) is 4.79 Å². The van der Waals surface area contributed by atoms with E-state index >= 15 is 0 Å². The highest BCUT2D eigenvalue weighted by molar-refractivity contribution is 5.67. The fourth-order valence-electron chi connectivity index (χ4n) is 2.63. The summed E-state index contributed by atoms with van der Waals surface area (Å²) in [6.45, 7) is 0. The Bertz CT molecular complexity index is 193. The Labute approximate surface area is 72.5 Å². The molecule has 0 radical (unpaired) electrons. The molecule has 2 aliphatic rings. The third-order valence-electron chi connectivity index (χ3n) is 3.23. The Morgan fingerprint density at radius 3 is 2.75 bits per heavy atom. The Hall–Kier alpha value is -0.730. The summed E-state index contributed by atoms with van der Waals surface area (Å²) < 4.78 is 4.57. The van der Waals surface area contributed by atoms with Crippen LogP contribution >= 0.6 is 0 Å². The molecule has 2 aliphatic carbocycles. The van der Waals surface area contributed by atoms with Crippen LogP contribution in [0.2, 0.25) is 0 Å². The van der Waals surface area contributed by atoms with Crippen molar-refractivity contribution < 1.29 is 9.53 Å². The second-order valence-electron chi connectivity index (χ2n) is 3.92. The van der Waals surface area contributed by atoms with Crippen molar-refractivity contribution in [1.82, 2.24) is 5.32 Å². The van der Waals surface area contributed by atoms with Gasteiger partial charge in [0.05, 0.1) is 7.11 Å². The van der Waals surface area contributed by atoms with E-state index in [9.17, 15) is 4.79 Å². The summed E-state index contributed by atoms with van der Waals surface area (Å²) in [4.78, 5) is 10.9. The van der Waals surface area contributed by atoms with Gasteiger partial charge in [0.2, 0.25) is 0 Å². The minimum atomic E-state index is -0.271. The molecule has 0 aromatic heterocycles. The molecular weight excluding hydrogens is 154 g/mol. The summed E-state index contributed by atoms with van der Waals surface area (Å²) in [5.74, 6) is 1.60. The van der Waals surface area contributed by atoms with Gasteiger partial charge in [-0.2, -0.15) is 0 Å². The molecule has 0 saturated heterocycles. The first-order chi connectivity index (χ1) is 5.79. The Morgan fingerprint density at radius 2 is 2.25 bits per heavy atom. The number of hydrogen-bond acceptors (Lipinski definition) is 2. The average molecular weight is 169 g/mol. The zero-order valence-corrected chi connectivity index (χ0v) is 7.38. The normalized spacial score (nSPS) is 38.2. The van der Waals surface area contributed by atoms with Crippen LogP contribution in [0.1, 0.15) is 25.7 Å². The molecule has 68 valence electrons. The first-order valence-corrected chi connectivity index (χ1v) is 4.64. The zero-order chi connectivity index (χ0) is 8.55. The summed E-state index contributed by atoms with van der Waals surface area (Å²) in [7, 11) is 1.42. The quantitative estimate of drug-likeness (QED) is 0.646. The fourth-order valence-corrected chi connectivity index (χ4v) is 2.63. The van der Waals surface area contributed by atoms with Gasteiger partial charge in [0.1, 0.15) is 0 Å². The van der Waals surface area contributed by atoms with Crippen molar-refractivity contribution in [2.45, 2.75) is 31.7 Å². The minimum Gasteiger partial charge on any atom is -0.453 e. The molecule has 2 fully saturated rings. The van der Waals surface area contributed by atoms with Crippen LogP contribution in [0, 0.1) is 11.8 Å². The van der Waals surface area contributed by atoms with E-state index in [4.69, 9.17) is 0 Å². The summed E-state index contributed by atoms with van der Waals surface area (Å²) in [6, 6.07) is 0.399. The van der Waals surface area contributed by atoms with Crippen molar-refractivity contribution >= 4 is 6.09 Å². The second kappa shape index (κ2) is 2.96. The first-order valence-electron chi connectivity index (χ1n) is 4.64. The summed E-state index contributed by atoms with van der Waals surface area (Å²) in [5, 5.41) is 2.90. The molecule has 12 heavy (non-hydrogen) atoms. The Morgan fingerprint density at radius 1 is 1.42 bits per heavy atom. The van der Waals surface area contributed by atoms with Gasteiger partial charge in [0, 0.05) is 6.04 Å². The highest BCUT2D eigenvalue weighted by atomic mass is 16.5. The van der Waals surface area contributed by atoms with Gasteiger partial charge in [-0.3, -0.25) is 0 Å². The molecule has 0 aromatic rings. The summed E-state index contributed by atoms with van der Waals surface area (Å²) >= 11 is 0. The Kier molecular flexibility index (Phi) is 1.95. The molecule has 0 aliphatic heterocycles. The predicted molar refractivity (Wildman–Crippen MR) is 44.8 cm³/mol. The van der Waals surface area contributed by atoms with Gasteiger partial charge in [0.25, 0.3) is 0 Å². The summed E-state index contributed by atoms with van der Waals surface area (Å²) in [6.07, 6.45) is 4.87. The highest BCUT2D eigenvalue weighted by Crippen LogP contribution is 2.44. The molecule has 2 bridgehead atoms. The zero-order valence-electron chi connectivity index (χ0n) is 7.38. The van der Waals surface area contributed by atoms with Crippen molar-refractivity contribution in [1.29, 1.82) is 0 Å². The lowest BCUT2D eigenvalue weighted by atomic mass is 9.96. The third-order valence-corrected chi connectivity index (χ3v) is 3.23. The maximum Gasteiger partial charge on any atom is 0.407 e. The van der Waals surface area contributed by atoms with Gasteiger partial charge in [-0.15, -0.1) is 0 Å². The first kappa shape index (κ1) is 7.90. The van der Waals surface area contributed by atoms with E-state index in [0.29, 0.717) is 6.04 Å². The average Bonchev–Trinajstić information content (AvgIpc) is 2.64. The van der Waals surface area contributed by atoms with E-state index in [-0.39, 0.29) is 6.09 Å². The topological polar surface area (TPSA) is 38.3 Å². The van der Waals surface area contributed by atoms with Crippen LogP contribution in [-0.4, -0.2) is 19.2 Å². The smallest absolute Gasteiger partial charge is 0.407 e. The number of ether oxygens (including phenoxy) is 1. The van der Waals surface area contributed by atoms with Crippen LogP contribution in [0.15, 0.2) is 0 Å². The standard InChI is InChI=1S/C9H15NO2/c1-12-9(11)10-8-5-6-2-3-7(8)4-6/h6-8H,2-5H2,1H3,(H,10,11). The monoisotopic (exact) mass is 169 g/mol. The largest absolute Gasteiger partial charge is 0.453 e. The van der Waals surface area contributed by atoms with Crippen molar-refractivity contribution in [3.8, 4) is 0 Å².